The van der Waals surface area contributed by atoms with E-state index in [0.29, 0.717) is 6.42 Å². The lowest BCUT2D eigenvalue weighted by Crippen LogP contribution is -2.30. The monoisotopic (exact) mass is 166 g/mol. The molecule has 3 heteroatoms. The Labute approximate surface area is 66.4 Å². The Morgan fingerprint density at radius 1 is 1.27 bits per heavy atom. The van der Waals surface area contributed by atoms with E-state index in [0.717, 1.165) is 6.92 Å². The van der Waals surface area contributed by atoms with E-state index in [1.54, 1.807) is 0 Å². The normalized spacial score (nSPS) is 15.5. The van der Waals surface area contributed by atoms with E-state index >= 15 is 0 Å². The molecule has 0 aliphatic heterocycles. The molecule has 0 aromatic rings. The van der Waals surface area contributed by atoms with Gasteiger partial charge in [-0.2, -0.15) is 0 Å². The third-order valence-corrected chi connectivity index (χ3v) is 1.67. The van der Waals surface area contributed by atoms with Crippen LogP contribution in [-0.2, 0) is 0 Å². The fourth-order valence-electron chi connectivity index (χ4n) is 0.690. The minimum absolute atomic E-state index is 0.220. The molecule has 1 unspecified atom stereocenters. The lowest BCUT2D eigenvalue weighted by molar-refractivity contribution is -0.107. The summed E-state index contributed by atoms with van der Waals surface area (Å²) in [6, 6.07) is 0. The molecule has 11 heavy (non-hydrogen) atoms. The fourth-order valence-corrected chi connectivity index (χ4v) is 0.690. The lowest BCUT2D eigenvalue weighted by Gasteiger charge is -2.19. The van der Waals surface area contributed by atoms with Crippen molar-refractivity contribution in [2.24, 2.45) is 5.92 Å². The second-order valence-electron chi connectivity index (χ2n) is 3.37. The smallest absolute Gasteiger partial charge is 0.273 e. The van der Waals surface area contributed by atoms with Gasteiger partial charge in [-0.1, -0.05) is 13.8 Å². The van der Waals surface area contributed by atoms with Gasteiger partial charge in [0.1, 0.15) is 6.10 Å². The Morgan fingerprint density at radius 3 is 2.00 bits per heavy atom. The highest BCUT2D eigenvalue weighted by Crippen LogP contribution is 2.26. The maximum Gasteiger partial charge on any atom is 0.273 e. The standard InChI is InChI=1S/C8H16F2O/c1-6(2)4-5-8(9,10)7(3)11/h6-7,11H,4-5H2,1-3H3. The number of hydrogen-bond acceptors (Lipinski definition) is 1. The quantitative estimate of drug-likeness (QED) is 0.680. The van der Waals surface area contributed by atoms with Gasteiger partial charge in [0.15, 0.2) is 0 Å². The number of alkyl halides is 2. The summed E-state index contributed by atoms with van der Waals surface area (Å²) in [7, 11) is 0. The van der Waals surface area contributed by atoms with Gasteiger partial charge < -0.3 is 5.11 Å². The highest BCUT2D eigenvalue weighted by atomic mass is 19.3. The number of aliphatic hydroxyl groups excluding tert-OH is 1. The van der Waals surface area contributed by atoms with Crippen LogP contribution in [0.2, 0.25) is 0 Å². The zero-order chi connectivity index (χ0) is 9.07. The lowest BCUT2D eigenvalue weighted by atomic mass is 10.0. The molecule has 0 amide bonds. The molecular formula is C8H16F2O. The average Bonchev–Trinajstić information content (AvgIpc) is 1.84. The van der Waals surface area contributed by atoms with E-state index in [-0.39, 0.29) is 12.3 Å². The van der Waals surface area contributed by atoms with Gasteiger partial charge in [-0.3, -0.25) is 0 Å². The van der Waals surface area contributed by atoms with E-state index in [4.69, 9.17) is 5.11 Å². The predicted octanol–water partition coefficient (Wildman–Crippen LogP) is 2.44. The van der Waals surface area contributed by atoms with E-state index in [2.05, 4.69) is 0 Å². The number of hydrogen-bond donors (Lipinski definition) is 1. The zero-order valence-corrected chi connectivity index (χ0v) is 7.27. The number of rotatable bonds is 4. The van der Waals surface area contributed by atoms with Crippen molar-refractivity contribution in [2.45, 2.75) is 45.6 Å². The molecule has 1 atom stereocenters. The third-order valence-electron chi connectivity index (χ3n) is 1.67. The molecule has 68 valence electrons. The summed E-state index contributed by atoms with van der Waals surface area (Å²) in [5, 5.41) is 8.64. The van der Waals surface area contributed by atoms with Crippen molar-refractivity contribution >= 4 is 0 Å². The summed E-state index contributed by atoms with van der Waals surface area (Å²) in [6.45, 7) is 4.90. The first-order valence-corrected chi connectivity index (χ1v) is 3.92. The molecule has 0 rings (SSSR count). The summed E-state index contributed by atoms with van der Waals surface area (Å²) in [4.78, 5) is 0. The molecule has 0 saturated heterocycles. The minimum atomic E-state index is -2.91. The Kier molecular flexibility index (Phi) is 3.93. The summed E-state index contributed by atoms with van der Waals surface area (Å²) < 4.78 is 25.3. The van der Waals surface area contributed by atoms with E-state index in [9.17, 15) is 8.78 Å². The Hall–Kier alpha value is -0.180. The largest absolute Gasteiger partial charge is 0.387 e. The van der Waals surface area contributed by atoms with Crippen molar-refractivity contribution in [3.63, 3.8) is 0 Å². The summed E-state index contributed by atoms with van der Waals surface area (Å²) in [5.74, 6) is -2.65. The second-order valence-corrected chi connectivity index (χ2v) is 3.37. The molecule has 0 aromatic heterocycles. The molecule has 0 bridgehead atoms. The van der Waals surface area contributed by atoms with Crippen LogP contribution in [0, 0.1) is 5.92 Å². The summed E-state index contributed by atoms with van der Waals surface area (Å²) in [5.41, 5.74) is 0. The SMILES string of the molecule is CC(C)CCC(F)(F)C(C)O. The highest BCUT2D eigenvalue weighted by Gasteiger charge is 2.34. The Bertz CT molecular complexity index is 111. The van der Waals surface area contributed by atoms with Crippen molar-refractivity contribution in [1.82, 2.24) is 0 Å². The molecule has 1 nitrogen and oxygen atoms in total. The van der Waals surface area contributed by atoms with Gasteiger partial charge in [-0.05, 0) is 19.3 Å². The molecule has 0 aromatic carbocycles. The molecule has 1 N–H and O–H groups in total. The Morgan fingerprint density at radius 2 is 1.73 bits per heavy atom. The molecule has 0 spiro atoms. The molecule has 0 radical (unpaired) electrons. The van der Waals surface area contributed by atoms with Crippen LogP contribution in [0.25, 0.3) is 0 Å². The fraction of sp³-hybridized carbons (Fsp3) is 1.00. The van der Waals surface area contributed by atoms with Crippen LogP contribution >= 0.6 is 0 Å². The van der Waals surface area contributed by atoms with Crippen LogP contribution in [0.1, 0.15) is 33.6 Å². The van der Waals surface area contributed by atoms with E-state index in [1.807, 2.05) is 13.8 Å². The van der Waals surface area contributed by atoms with Crippen LogP contribution in [0.15, 0.2) is 0 Å². The average molecular weight is 166 g/mol. The topological polar surface area (TPSA) is 20.2 Å². The summed E-state index contributed by atoms with van der Waals surface area (Å²) >= 11 is 0. The maximum absolute atomic E-state index is 12.7. The van der Waals surface area contributed by atoms with Crippen LogP contribution in [-0.4, -0.2) is 17.1 Å². The highest BCUT2D eigenvalue weighted by molar-refractivity contribution is 4.72. The predicted molar refractivity (Wildman–Crippen MR) is 40.7 cm³/mol. The van der Waals surface area contributed by atoms with Gasteiger partial charge in [0, 0.05) is 6.42 Å². The first-order chi connectivity index (χ1) is 4.86. The van der Waals surface area contributed by atoms with Crippen LogP contribution < -0.4 is 0 Å². The van der Waals surface area contributed by atoms with Crippen LogP contribution in [0.4, 0.5) is 8.78 Å². The first kappa shape index (κ1) is 10.8. The molecule has 0 aliphatic carbocycles. The minimum Gasteiger partial charge on any atom is -0.387 e. The van der Waals surface area contributed by atoms with Crippen molar-refractivity contribution in [3.05, 3.63) is 0 Å². The number of halogens is 2. The molecule has 0 fully saturated rings. The van der Waals surface area contributed by atoms with Gasteiger partial charge in [-0.15, -0.1) is 0 Å². The molecule has 0 saturated carbocycles. The maximum atomic E-state index is 12.7. The van der Waals surface area contributed by atoms with Gasteiger partial charge >= 0.3 is 0 Å². The van der Waals surface area contributed by atoms with Gasteiger partial charge in [0.25, 0.3) is 5.92 Å². The second kappa shape index (κ2) is 4.00. The van der Waals surface area contributed by atoms with Gasteiger partial charge in [0.05, 0.1) is 0 Å². The summed E-state index contributed by atoms with van der Waals surface area (Å²) in [6.07, 6.45) is -1.29. The molecular weight excluding hydrogens is 150 g/mol. The van der Waals surface area contributed by atoms with Crippen LogP contribution in [0.3, 0.4) is 0 Å². The van der Waals surface area contributed by atoms with E-state index in [1.165, 1.54) is 0 Å². The van der Waals surface area contributed by atoms with Crippen LogP contribution in [0.5, 0.6) is 0 Å². The van der Waals surface area contributed by atoms with E-state index < -0.39 is 12.0 Å². The molecule has 0 aliphatic rings. The van der Waals surface area contributed by atoms with Crippen molar-refractivity contribution in [3.8, 4) is 0 Å². The van der Waals surface area contributed by atoms with Gasteiger partial charge in [0.2, 0.25) is 0 Å². The van der Waals surface area contributed by atoms with Crippen molar-refractivity contribution in [2.75, 3.05) is 0 Å². The van der Waals surface area contributed by atoms with Crippen molar-refractivity contribution in [1.29, 1.82) is 0 Å². The Balaban J connectivity index is 3.73. The molecule has 0 heterocycles. The van der Waals surface area contributed by atoms with Gasteiger partial charge in [-0.25, -0.2) is 8.78 Å². The van der Waals surface area contributed by atoms with Crippen molar-refractivity contribution < 1.29 is 13.9 Å². The first-order valence-electron chi connectivity index (χ1n) is 3.92. The zero-order valence-electron chi connectivity index (χ0n) is 7.27. The third kappa shape index (κ3) is 4.30. The number of aliphatic hydroxyl groups is 1.